The molecule has 0 aromatic carbocycles. The molecule has 1 fully saturated rings. The van der Waals surface area contributed by atoms with Crippen LogP contribution in [0.1, 0.15) is 40.0 Å². The Morgan fingerprint density at radius 1 is 1.29 bits per heavy atom. The summed E-state index contributed by atoms with van der Waals surface area (Å²) < 4.78 is 0. The first-order valence-electron chi connectivity index (χ1n) is 7.66. The van der Waals surface area contributed by atoms with Gasteiger partial charge < -0.3 is 20.6 Å². The van der Waals surface area contributed by atoms with Crippen LogP contribution in [0.4, 0.5) is 4.79 Å². The highest BCUT2D eigenvalue weighted by atomic mass is 16.4. The number of likely N-dealkylation sites (tertiary alicyclic amines) is 1. The lowest BCUT2D eigenvalue weighted by atomic mass is 9.87. The fourth-order valence-corrected chi connectivity index (χ4v) is 2.57. The number of piperidine rings is 1. The number of hydrogen-bond donors (Lipinski definition) is 3. The molecule has 122 valence electrons. The Labute approximate surface area is 127 Å². The van der Waals surface area contributed by atoms with Gasteiger partial charge in [0.05, 0.1) is 0 Å². The van der Waals surface area contributed by atoms with Gasteiger partial charge in [0.25, 0.3) is 0 Å². The fraction of sp³-hybridized carbons (Fsp3) is 0.867. The number of nitrogens with one attached hydrogen (secondary N) is 2. The lowest BCUT2D eigenvalue weighted by molar-refractivity contribution is -0.141. The molecule has 6 nitrogen and oxygen atoms in total. The number of carboxylic acids is 1. The quantitative estimate of drug-likeness (QED) is 0.719. The number of carboxylic acid groups (broad SMARTS) is 1. The van der Waals surface area contributed by atoms with Gasteiger partial charge in [-0.2, -0.15) is 0 Å². The molecule has 0 aromatic heterocycles. The van der Waals surface area contributed by atoms with Crippen LogP contribution in [0.5, 0.6) is 0 Å². The van der Waals surface area contributed by atoms with Crippen molar-refractivity contribution in [3.63, 3.8) is 0 Å². The summed E-state index contributed by atoms with van der Waals surface area (Å²) in [4.78, 5) is 25.3. The van der Waals surface area contributed by atoms with Crippen LogP contribution in [-0.2, 0) is 4.79 Å². The molecule has 0 saturated carbocycles. The third-order valence-corrected chi connectivity index (χ3v) is 4.06. The molecule has 0 spiro atoms. The summed E-state index contributed by atoms with van der Waals surface area (Å²) in [7, 11) is 2.13. The number of amides is 2. The number of nitrogens with zero attached hydrogens (tertiary/aromatic N) is 1. The van der Waals surface area contributed by atoms with Gasteiger partial charge in [0.1, 0.15) is 6.04 Å². The van der Waals surface area contributed by atoms with Gasteiger partial charge in [-0.05, 0) is 50.7 Å². The number of hydrogen-bond acceptors (Lipinski definition) is 3. The first kappa shape index (κ1) is 17.8. The van der Waals surface area contributed by atoms with Crippen LogP contribution < -0.4 is 10.6 Å². The van der Waals surface area contributed by atoms with Crippen LogP contribution in [0.2, 0.25) is 0 Å². The smallest absolute Gasteiger partial charge is 0.326 e. The van der Waals surface area contributed by atoms with E-state index in [1.54, 1.807) is 20.8 Å². The number of rotatable bonds is 5. The average molecular weight is 299 g/mol. The predicted molar refractivity (Wildman–Crippen MR) is 82.3 cm³/mol. The molecule has 1 aliphatic rings. The largest absolute Gasteiger partial charge is 0.480 e. The summed E-state index contributed by atoms with van der Waals surface area (Å²) in [5, 5.41) is 14.5. The van der Waals surface area contributed by atoms with E-state index in [1.165, 1.54) is 12.8 Å². The van der Waals surface area contributed by atoms with Crippen LogP contribution in [0.25, 0.3) is 0 Å². The van der Waals surface area contributed by atoms with E-state index < -0.39 is 23.5 Å². The van der Waals surface area contributed by atoms with Gasteiger partial charge in [-0.15, -0.1) is 0 Å². The fourth-order valence-electron chi connectivity index (χ4n) is 2.57. The maximum atomic E-state index is 11.8. The third kappa shape index (κ3) is 6.33. The van der Waals surface area contributed by atoms with Crippen molar-refractivity contribution in [2.45, 2.75) is 46.1 Å². The SMILES string of the molecule is CN1CCC(CCNC(=O)N[C@H](C(=O)O)C(C)(C)C)CC1. The summed E-state index contributed by atoms with van der Waals surface area (Å²) in [6.07, 6.45) is 3.29. The molecule has 0 unspecified atom stereocenters. The highest BCUT2D eigenvalue weighted by molar-refractivity contribution is 5.83. The molecule has 2 amide bonds. The second kappa shape index (κ2) is 7.64. The summed E-state index contributed by atoms with van der Waals surface area (Å²) >= 11 is 0. The monoisotopic (exact) mass is 299 g/mol. The first-order valence-corrected chi connectivity index (χ1v) is 7.66. The second-order valence-electron chi connectivity index (χ2n) is 7.07. The zero-order chi connectivity index (χ0) is 16.0. The molecule has 0 aliphatic carbocycles. The molecule has 1 saturated heterocycles. The van der Waals surface area contributed by atoms with Crippen molar-refractivity contribution >= 4 is 12.0 Å². The Morgan fingerprint density at radius 3 is 2.33 bits per heavy atom. The van der Waals surface area contributed by atoms with Gasteiger partial charge in [0.2, 0.25) is 0 Å². The molecule has 21 heavy (non-hydrogen) atoms. The van der Waals surface area contributed by atoms with Crippen LogP contribution in [0, 0.1) is 11.3 Å². The summed E-state index contributed by atoms with van der Waals surface area (Å²) in [5.74, 6) is -0.354. The van der Waals surface area contributed by atoms with Crippen LogP contribution in [-0.4, -0.2) is 54.7 Å². The Bertz CT molecular complexity index is 358. The molecule has 0 aromatic rings. The Hall–Kier alpha value is -1.30. The highest BCUT2D eigenvalue weighted by Gasteiger charge is 2.32. The van der Waals surface area contributed by atoms with E-state index in [1.807, 2.05) is 0 Å². The van der Waals surface area contributed by atoms with Crippen LogP contribution in [0.15, 0.2) is 0 Å². The summed E-state index contributed by atoms with van der Waals surface area (Å²) in [5.41, 5.74) is -0.517. The number of urea groups is 1. The molecule has 0 radical (unpaired) electrons. The number of aliphatic carboxylic acids is 1. The molecular weight excluding hydrogens is 270 g/mol. The Balaban J connectivity index is 2.28. The van der Waals surface area contributed by atoms with Crippen molar-refractivity contribution in [2.24, 2.45) is 11.3 Å². The lowest BCUT2D eigenvalue weighted by Gasteiger charge is -2.29. The molecule has 1 atom stereocenters. The first-order chi connectivity index (χ1) is 9.70. The van der Waals surface area contributed by atoms with E-state index in [0.29, 0.717) is 12.5 Å². The lowest BCUT2D eigenvalue weighted by Crippen LogP contribution is -2.52. The van der Waals surface area contributed by atoms with Crippen molar-refractivity contribution in [3.8, 4) is 0 Å². The van der Waals surface area contributed by atoms with Crippen LogP contribution in [0.3, 0.4) is 0 Å². The van der Waals surface area contributed by atoms with Crippen LogP contribution >= 0.6 is 0 Å². The molecule has 6 heteroatoms. The van der Waals surface area contributed by atoms with Crippen molar-refractivity contribution in [1.29, 1.82) is 0 Å². The average Bonchev–Trinajstić information content (AvgIpc) is 2.36. The third-order valence-electron chi connectivity index (χ3n) is 4.06. The maximum Gasteiger partial charge on any atom is 0.326 e. The van der Waals surface area contributed by atoms with Gasteiger partial charge in [-0.1, -0.05) is 20.8 Å². The molecule has 1 aliphatic heterocycles. The van der Waals surface area contributed by atoms with Gasteiger partial charge >= 0.3 is 12.0 Å². The minimum absolute atomic E-state index is 0.398. The number of carbonyl (C=O) groups is 2. The van der Waals surface area contributed by atoms with Gasteiger partial charge in [-0.25, -0.2) is 9.59 Å². The Morgan fingerprint density at radius 2 is 1.86 bits per heavy atom. The molecule has 1 rings (SSSR count). The van der Waals surface area contributed by atoms with E-state index in [4.69, 9.17) is 5.11 Å². The van der Waals surface area contributed by atoms with E-state index in [9.17, 15) is 9.59 Å². The molecule has 0 bridgehead atoms. The van der Waals surface area contributed by atoms with Gasteiger partial charge in [0, 0.05) is 6.54 Å². The van der Waals surface area contributed by atoms with Crippen molar-refractivity contribution < 1.29 is 14.7 Å². The maximum absolute atomic E-state index is 11.8. The number of carbonyl (C=O) groups excluding carboxylic acids is 1. The van der Waals surface area contributed by atoms with Crippen molar-refractivity contribution in [2.75, 3.05) is 26.7 Å². The normalized spacial score (nSPS) is 19.0. The molecule has 3 N–H and O–H groups in total. The standard InChI is InChI=1S/C15H29N3O3/c1-15(2,3)12(13(19)20)17-14(21)16-8-5-11-6-9-18(4)10-7-11/h11-12H,5-10H2,1-4H3,(H,19,20)(H2,16,17,21)/t12-/m1/s1. The van der Waals surface area contributed by atoms with E-state index in [0.717, 1.165) is 19.5 Å². The minimum Gasteiger partial charge on any atom is -0.480 e. The van der Waals surface area contributed by atoms with Crippen molar-refractivity contribution in [3.05, 3.63) is 0 Å². The zero-order valence-electron chi connectivity index (χ0n) is 13.6. The van der Waals surface area contributed by atoms with Gasteiger partial charge in [0.15, 0.2) is 0 Å². The second-order valence-corrected chi connectivity index (χ2v) is 7.07. The summed E-state index contributed by atoms with van der Waals surface area (Å²) in [6.45, 7) is 8.21. The zero-order valence-corrected chi connectivity index (χ0v) is 13.6. The van der Waals surface area contributed by atoms with E-state index in [-0.39, 0.29) is 0 Å². The van der Waals surface area contributed by atoms with E-state index >= 15 is 0 Å². The topological polar surface area (TPSA) is 81.7 Å². The Kier molecular flexibility index (Phi) is 6.45. The van der Waals surface area contributed by atoms with Crippen molar-refractivity contribution in [1.82, 2.24) is 15.5 Å². The van der Waals surface area contributed by atoms with Gasteiger partial charge in [-0.3, -0.25) is 0 Å². The summed E-state index contributed by atoms with van der Waals surface area (Å²) in [6, 6.07) is -1.29. The minimum atomic E-state index is -1.01. The predicted octanol–water partition coefficient (Wildman–Crippen LogP) is 1.52. The highest BCUT2D eigenvalue weighted by Crippen LogP contribution is 2.20. The molecule has 1 heterocycles. The van der Waals surface area contributed by atoms with E-state index in [2.05, 4.69) is 22.6 Å². The molecular formula is C15H29N3O3.